The lowest BCUT2D eigenvalue weighted by Crippen LogP contribution is -2.51. The van der Waals surface area contributed by atoms with Gasteiger partial charge in [0.2, 0.25) is 6.41 Å². The minimum atomic E-state index is -0.579. The van der Waals surface area contributed by atoms with Crippen LogP contribution < -0.4 is 10.1 Å². The number of hydrogen-bond acceptors (Lipinski definition) is 5. The van der Waals surface area contributed by atoms with Crippen molar-refractivity contribution in [1.82, 2.24) is 10.2 Å². The van der Waals surface area contributed by atoms with Crippen LogP contribution in [0.4, 0.5) is 4.79 Å². The van der Waals surface area contributed by atoms with E-state index in [2.05, 4.69) is 5.32 Å². The van der Waals surface area contributed by atoms with E-state index in [1.807, 2.05) is 0 Å². The molecule has 0 radical (unpaired) electrons. The van der Waals surface area contributed by atoms with Gasteiger partial charge in [0.15, 0.2) is 0 Å². The van der Waals surface area contributed by atoms with E-state index in [9.17, 15) is 14.7 Å². The standard InChI is InChI=1S/C17H22N2O5/c1-19(10-20)16(22)18-15-13-9-11(21)3-4-14(13)24-17(15)7-5-12(23-2)6-8-17/h3-4,9-10,12,15,21H,5-8H2,1-2H3,(H,18,22). The number of imide groups is 1. The number of rotatable bonds is 3. The van der Waals surface area contributed by atoms with Crippen molar-refractivity contribution in [2.24, 2.45) is 0 Å². The number of hydrogen-bond donors (Lipinski definition) is 2. The summed E-state index contributed by atoms with van der Waals surface area (Å²) < 4.78 is 11.6. The summed E-state index contributed by atoms with van der Waals surface area (Å²) in [6.45, 7) is 0. The summed E-state index contributed by atoms with van der Waals surface area (Å²) in [4.78, 5) is 24.0. The van der Waals surface area contributed by atoms with Gasteiger partial charge in [0.25, 0.3) is 0 Å². The summed E-state index contributed by atoms with van der Waals surface area (Å²) in [7, 11) is 3.10. The zero-order chi connectivity index (χ0) is 17.3. The van der Waals surface area contributed by atoms with Crippen LogP contribution >= 0.6 is 0 Å². The molecule has 3 amide bonds. The molecule has 7 nitrogen and oxygen atoms in total. The molecule has 1 fully saturated rings. The Balaban J connectivity index is 1.91. The van der Waals surface area contributed by atoms with Crippen LogP contribution in [0.2, 0.25) is 0 Å². The molecule has 1 saturated carbocycles. The summed E-state index contributed by atoms with van der Waals surface area (Å²) in [6, 6.07) is 3.97. The Morgan fingerprint density at radius 3 is 2.79 bits per heavy atom. The van der Waals surface area contributed by atoms with Crippen molar-refractivity contribution in [1.29, 1.82) is 0 Å². The zero-order valence-electron chi connectivity index (χ0n) is 13.8. The first-order chi connectivity index (χ1) is 11.5. The zero-order valence-corrected chi connectivity index (χ0v) is 13.8. The van der Waals surface area contributed by atoms with E-state index in [1.165, 1.54) is 7.05 Å². The normalized spacial score (nSPS) is 28.1. The lowest BCUT2D eigenvalue weighted by atomic mass is 9.77. The minimum Gasteiger partial charge on any atom is -0.508 e. The minimum absolute atomic E-state index is 0.114. The molecule has 3 rings (SSSR count). The predicted molar refractivity (Wildman–Crippen MR) is 85.8 cm³/mol. The van der Waals surface area contributed by atoms with Crippen molar-refractivity contribution < 1.29 is 24.2 Å². The largest absolute Gasteiger partial charge is 0.508 e. The predicted octanol–water partition coefficient (Wildman–Crippen LogP) is 1.95. The van der Waals surface area contributed by atoms with E-state index >= 15 is 0 Å². The fourth-order valence-electron chi connectivity index (χ4n) is 3.60. The number of urea groups is 1. The van der Waals surface area contributed by atoms with Crippen molar-refractivity contribution in [3.8, 4) is 11.5 Å². The fourth-order valence-corrected chi connectivity index (χ4v) is 3.60. The Labute approximate surface area is 140 Å². The third-order valence-electron chi connectivity index (χ3n) is 5.00. The van der Waals surface area contributed by atoms with E-state index in [1.54, 1.807) is 25.3 Å². The third kappa shape index (κ3) is 2.80. The molecule has 0 aromatic heterocycles. The maximum atomic E-state index is 12.2. The Hall–Kier alpha value is -2.28. The first kappa shape index (κ1) is 16.6. The van der Waals surface area contributed by atoms with Crippen LogP contribution in [0.5, 0.6) is 11.5 Å². The van der Waals surface area contributed by atoms with E-state index in [0.29, 0.717) is 12.2 Å². The number of fused-ring (bicyclic) bond motifs is 1. The molecule has 7 heteroatoms. The van der Waals surface area contributed by atoms with Gasteiger partial charge in [-0.1, -0.05) is 0 Å². The molecule has 2 N–H and O–H groups in total. The first-order valence-corrected chi connectivity index (χ1v) is 8.02. The van der Waals surface area contributed by atoms with Crippen molar-refractivity contribution in [2.75, 3.05) is 14.2 Å². The van der Waals surface area contributed by atoms with Gasteiger partial charge >= 0.3 is 6.03 Å². The highest BCUT2D eigenvalue weighted by Gasteiger charge is 2.51. The number of aromatic hydroxyl groups is 1. The second kappa shape index (κ2) is 6.32. The first-order valence-electron chi connectivity index (χ1n) is 8.02. The molecule has 1 aromatic carbocycles. The highest BCUT2D eigenvalue weighted by Crippen LogP contribution is 2.51. The van der Waals surface area contributed by atoms with Crippen LogP contribution in [-0.4, -0.2) is 48.3 Å². The van der Waals surface area contributed by atoms with Crippen LogP contribution in [0.15, 0.2) is 18.2 Å². The van der Waals surface area contributed by atoms with Crippen molar-refractivity contribution in [3.05, 3.63) is 23.8 Å². The summed E-state index contributed by atoms with van der Waals surface area (Å²) in [6.07, 6.45) is 3.74. The van der Waals surface area contributed by atoms with Crippen molar-refractivity contribution in [3.63, 3.8) is 0 Å². The van der Waals surface area contributed by atoms with Gasteiger partial charge in [-0.05, 0) is 43.9 Å². The van der Waals surface area contributed by atoms with Gasteiger partial charge in [0.1, 0.15) is 17.1 Å². The van der Waals surface area contributed by atoms with E-state index < -0.39 is 17.7 Å². The van der Waals surface area contributed by atoms with Crippen LogP contribution in [0.1, 0.15) is 37.3 Å². The second-order valence-corrected chi connectivity index (χ2v) is 6.42. The number of phenolic OH excluding ortho intramolecular Hbond substituents is 1. The SMILES string of the molecule is COC1CCC2(CC1)Oc1ccc(O)cc1C2NC(=O)N(C)C=O. The van der Waals surface area contributed by atoms with E-state index in [0.717, 1.165) is 36.1 Å². The lowest BCUT2D eigenvalue weighted by molar-refractivity contribution is -0.114. The molecule has 0 saturated heterocycles. The monoisotopic (exact) mass is 334 g/mol. The molecule has 1 heterocycles. The molecule has 1 aromatic rings. The van der Waals surface area contributed by atoms with Gasteiger partial charge in [-0.25, -0.2) is 4.79 Å². The van der Waals surface area contributed by atoms with Gasteiger partial charge < -0.3 is 19.9 Å². The van der Waals surface area contributed by atoms with Gasteiger partial charge in [0, 0.05) is 19.7 Å². The maximum Gasteiger partial charge on any atom is 0.324 e. The summed E-state index contributed by atoms with van der Waals surface area (Å²) in [5.41, 5.74) is 0.156. The van der Waals surface area contributed by atoms with Gasteiger partial charge in [-0.2, -0.15) is 0 Å². The van der Waals surface area contributed by atoms with E-state index in [-0.39, 0.29) is 11.9 Å². The molecular formula is C17H22N2O5. The molecule has 1 unspecified atom stereocenters. The number of nitrogens with one attached hydrogen (secondary N) is 1. The molecule has 2 aliphatic rings. The van der Waals surface area contributed by atoms with E-state index in [4.69, 9.17) is 9.47 Å². The average Bonchev–Trinajstić information content (AvgIpc) is 2.88. The highest BCUT2D eigenvalue weighted by atomic mass is 16.5. The number of ether oxygens (including phenoxy) is 2. The molecule has 1 aliphatic heterocycles. The molecule has 1 spiro atoms. The lowest BCUT2D eigenvalue weighted by Gasteiger charge is -2.40. The number of carbonyl (C=O) groups is 2. The summed E-state index contributed by atoms with van der Waals surface area (Å²) in [5, 5.41) is 12.7. The van der Waals surface area contributed by atoms with Crippen LogP contribution in [0.3, 0.4) is 0 Å². The quantitative estimate of drug-likeness (QED) is 0.825. The summed E-state index contributed by atoms with van der Waals surface area (Å²) >= 11 is 0. The van der Waals surface area contributed by atoms with Gasteiger partial charge in [0.05, 0.1) is 12.1 Å². The van der Waals surface area contributed by atoms with Crippen LogP contribution in [-0.2, 0) is 9.53 Å². The molecule has 1 atom stereocenters. The Morgan fingerprint density at radius 1 is 1.46 bits per heavy atom. The second-order valence-electron chi connectivity index (χ2n) is 6.42. The Bertz CT molecular complexity index is 640. The van der Waals surface area contributed by atoms with Crippen LogP contribution in [0.25, 0.3) is 0 Å². The molecule has 24 heavy (non-hydrogen) atoms. The fraction of sp³-hybridized carbons (Fsp3) is 0.529. The summed E-state index contributed by atoms with van der Waals surface area (Å²) in [5.74, 6) is 0.769. The Morgan fingerprint density at radius 2 is 2.17 bits per heavy atom. The molecule has 1 aliphatic carbocycles. The van der Waals surface area contributed by atoms with Crippen molar-refractivity contribution in [2.45, 2.75) is 43.4 Å². The van der Waals surface area contributed by atoms with Gasteiger partial charge in [-0.3, -0.25) is 9.69 Å². The van der Waals surface area contributed by atoms with Crippen molar-refractivity contribution >= 4 is 12.4 Å². The number of nitrogens with zero attached hydrogens (tertiary/aromatic N) is 1. The smallest absolute Gasteiger partial charge is 0.324 e. The topological polar surface area (TPSA) is 88.1 Å². The number of phenols is 1. The highest BCUT2D eigenvalue weighted by molar-refractivity contribution is 5.84. The Kier molecular flexibility index (Phi) is 4.36. The number of methoxy groups -OCH3 is 1. The third-order valence-corrected chi connectivity index (χ3v) is 5.00. The number of carbonyl (C=O) groups excluding carboxylic acids is 2. The molecule has 0 bridgehead atoms. The maximum absolute atomic E-state index is 12.2. The number of benzene rings is 1. The van der Waals surface area contributed by atoms with Crippen LogP contribution in [0, 0.1) is 0 Å². The average molecular weight is 334 g/mol. The number of amides is 3. The van der Waals surface area contributed by atoms with Gasteiger partial charge in [-0.15, -0.1) is 0 Å². The molecular weight excluding hydrogens is 312 g/mol. The molecule has 130 valence electrons.